The molecule has 1 unspecified atom stereocenters. The van der Waals surface area contributed by atoms with Crippen molar-refractivity contribution in [3.05, 3.63) is 95.4 Å². The molecule has 1 heterocycles. The Morgan fingerprint density at radius 2 is 1.79 bits per heavy atom. The van der Waals surface area contributed by atoms with Gasteiger partial charge < -0.3 is 20.5 Å². The second kappa shape index (κ2) is 11.6. The lowest BCUT2D eigenvalue weighted by atomic mass is 10.0. The van der Waals surface area contributed by atoms with Gasteiger partial charge in [-0.1, -0.05) is 18.2 Å². The highest BCUT2D eigenvalue weighted by molar-refractivity contribution is 5.87. The van der Waals surface area contributed by atoms with Crippen LogP contribution in [0.1, 0.15) is 29.3 Å². The van der Waals surface area contributed by atoms with Gasteiger partial charge >= 0.3 is 0 Å². The van der Waals surface area contributed by atoms with Crippen molar-refractivity contribution in [2.75, 3.05) is 14.2 Å². The standard InChI is InChI=1S/C29H29FN4O4/c1-18-15-20(7-13-26(18)38-3)28(29(31)36)32-27(35)14-8-22-17-25(19-5-4-6-21(30)16-19)34(33-22)23-9-11-24(37-2)12-10-23/h4-7,9-13,15-17,28H,8,14H2,1-3H3,(H2,31,36)(H,32,35). The first-order valence-corrected chi connectivity index (χ1v) is 12.0. The molecule has 8 nitrogen and oxygen atoms in total. The van der Waals surface area contributed by atoms with E-state index in [4.69, 9.17) is 15.2 Å². The molecule has 38 heavy (non-hydrogen) atoms. The van der Waals surface area contributed by atoms with Gasteiger partial charge in [-0.05, 0) is 72.6 Å². The summed E-state index contributed by atoms with van der Waals surface area (Å²) in [6, 6.07) is 19.6. The zero-order chi connectivity index (χ0) is 27.2. The van der Waals surface area contributed by atoms with Gasteiger partial charge in [-0.3, -0.25) is 9.59 Å². The predicted octanol–water partition coefficient (Wildman–Crippen LogP) is 4.28. The number of nitrogens with zero attached hydrogens (tertiary/aromatic N) is 2. The largest absolute Gasteiger partial charge is 0.497 e. The third-order valence-electron chi connectivity index (χ3n) is 6.15. The SMILES string of the molecule is COc1ccc(-n2nc(CCC(=O)NC(C(N)=O)c3ccc(OC)c(C)c3)cc2-c2cccc(F)c2)cc1. The van der Waals surface area contributed by atoms with Crippen molar-refractivity contribution in [1.82, 2.24) is 15.1 Å². The number of benzene rings is 3. The highest BCUT2D eigenvalue weighted by atomic mass is 19.1. The summed E-state index contributed by atoms with van der Waals surface area (Å²) in [4.78, 5) is 24.9. The van der Waals surface area contributed by atoms with Crippen LogP contribution >= 0.6 is 0 Å². The Kier molecular flexibility index (Phi) is 8.06. The molecule has 2 amide bonds. The number of carbonyl (C=O) groups excluding carboxylic acids is 2. The maximum atomic E-state index is 14.0. The number of hydrogen-bond acceptors (Lipinski definition) is 5. The van der Waals surface area contributed by atoms with Crippen molar-refractivity contribution < 1.29 is 23.5 Å². The van der Waals surface area contributed by atoms with Gasteiger partial charge in [0.2, 0.25) is 11.8 Å². The molecule has 196 valence electrons. The van der Waals surface area contributed by atoms with E-state index in [-0.39, 0.29) is 18.1 Å². The van der Waals surface area contributed by atoms with E-state index in [1.165, 1.54) is 12.1 Å². The molecule has 0 fully saturated rings. The van der Waals surface area contributed by atoms with Gasteiger partial charge in [0.15, 0.2) is 0 Å². The molecule has 0 saturated carbocycles. The second-order valence-corrected chi connectivity index (χ2v) is 8.77. The number of primary amides is 1. The third-order valence-corrected chi connectivity index (χ3v) is 6.15. The quantitative estimate of drug-likeness (QED) is 0.327. The lowest BCUT2D eigenvalue weighted by Crippen LogP contribution is -2.37. The van der Waals surface area contributed by atoms with E-state index in [2.05, 4.69) is 10.4 Å². The number of ether oxygens (including phenoxy) is 2. The van der Waals surface area contributed by atoms with Gasteiger partial charge in [0.05, 0.1) is 31.3 Å². The van der Waals surface area contributed by atoms with Crippen LogP contribution in [-0.2, 0) is 16.0 Å². The maximum absolute atomic E-state index is 14.0. The Balaban J connectivity index is 1.54. The lowest BCUT2D eigenvalue weighted by molar-refractivity contribution is -0.127. The van der Waals surface area contributed by atoms with Gasteiger partial charge in [-0.2, -0.15) is 5.10 Å². The molecule has 0 bridgehead atoms. The van der Waals surface area contributed by atoms with Crippen molar-refractivity contribution in [2.24, 2.45) is 5.73 Å². The summed E-state index contributed by atoms with van der Waals surface area (Å²) in [5.41, 5.74) is 9.68. The van der Waals surface area contributed by atoms with E-state index < -0.39 is 11.9 Å². The van der Waals surface area contributed by atoms with Crippen molar-refractivity contribution in [3.63, 3.8) is 0 Å². The van der Waals surface area contributed by atoms with Crippen LogP contribution in [0.15, 0.2) is 72.8 Å². The summed E-state index contributed by atoms with van der Waals surface area (Å²) in [6.07, 6.45) is 0.367. The minimum Gasteiger partial charge on any atom is -0.497 e. The molecule has 3 N–H and O–H groups in total. The third kappa shape index (κ3) is 6.00. The average Bonchev–Trinajstić information content (AvgIpc) is 3.35. The molecule has 0 saturated heterocycles. The molecule has 0 spiro atoms. The zero-order valence-electron chi connectivity index (χ0n) is 21.4. The number of halogens is 1. The second-order valence-electron chi connectivity index (χ2n) is 8.77. The summed E-state index contributed by atoms with van der Waals surface area (Å²) in [6.45, 7) is 1.84. The summed E-state index contributed by atoms with van der Waals surface area (Å²) in [5, 5.41) is 7.41. The van der Waals surface area contributed by atoms with Crippen molar-refractivity contribution in [1.29, 1.82) is 0 Å². The summed E-state index contributed by atoms with van der Waals surface area (Å²) >= 11 is 0. The summed E-state index contributed by atoms with van der Waals surface area (Å²) < 4.78 is 26.2. The number of carbonyl (C=O) groups is 2. The van der Waals surface area contributed by atoms with Crippen molar-refractivity contribution >= 4 is 11.8 Å². The number of nitrogens with two attached hydrogens (primary N) is 1. The highest BCUT2D eigenvalue weighted by Gasteiger charge is 2.21. The van der Waals surface area contributed by atoms with E-state index in [0.29, 0.717) is 40.4 Å². The molecule has 3 aromatic carbocycles. The molecule has 9 heteroatoms. The number of aryl methyl sites for hydroxylation is 2. The van der Waals surface area contributed by atoms with Crippen LogP contribution in [0.2, 0.25) is 0 Å². The topological polar surface area (TPSA) is 108 Å². The monoisotopic (exact) mass is 516 g/mol. The number of rotatable bonds is 10. The van der Waals surface area contributed by atoms with Crippen LogP contribution in [-0.4, -0.2) is 35.8 Å². The first kappa shape index (κ1) is 26.4. The summed E-state index contributed by atoms with van der Waals surface area (Å²) in [7, 11) is 3.15. The maximum Gasteiger partial charge on any atom is 0.244 e. The van der Waals surface area contributed by atoms with E-state index in [1.807, 2.05) is 37.3 Å². The number of methoxy groups -OCH3 is 2. The fourth-order valence-corrected chi connectivity index (χ4v) is 4.20. The molecule has 0 aliphatic rings. The van der Waals surface area contributed by atoms with E-state index in [0.717, 1.165) is 11.3 Å². The minimum atomic E-state index is -0.980. The predicted molar refractivity (Wildman–Crippen MR) is 142 cm³/mol. The molecular weight excluding hydrogens is 487 g/mol. The fraction of sp³-hybridized carbons (Fsp3) is 0.207. The Bertz CT molecular complexity index is 1450. The Morgan fingerprint density at radius 1 is 1.03 bits per heavy atom. The molecule has 4 rings (SSSR count). The average molecular weight is 517 g/mol. The fourth-order valence-electron chi connectivity index (χ4n) is 4.20. The van der Waals surface area contributed by atoms with Crippen LogP contribution in [0.25, 0.3) is 16.9 Å². The minimum absolute atomic E-state index is 0.0706. The number of aromatic nitrogens is 2. The number of nitrogens with one attached hydrogen (secondary N) is 1. The summed E-state index contributed by atoms with van der Waals surface area (Å²) in [5.74, 6) is -0.0168. The van der Waals surface area contributed by atoms with Crippen LogP contribution in [0.4, 0.5) is 4.39 Å². The molecule has 1 aromatic heterocycles. The van der Waals surface area contributed by atoms with Crippen molar-refractivity contribution in [3.8, 4) is 28.4 Å². The highest BCUT2D eigenvalue weighted by Crippen LogP contribution is 2.27. The van der Waals surface area contributed by atoms with Gasteiger partial charge in [-0.25, -0.2) is 9.07 Å². The van der Waals surface area contributed by atoms with Crippen LogP contribution in [0.5, 0.6) is 11.5 Å². The van der Waals surface area contributed by atoms with Crippen LogP contribution in [0, 0.1) is 12.7 Å². The lowest BCUT2D eigenvalue weighted by Gasteiger charge is -2.17. The Labute approximate surface area is 220 Å². The van der Waals surface area contributed by atoms with Crippen LogP contribution in [0.3, 0.4) is 0 Å². The molecule has 0 aliphatic carbocycles. The van der Waals surface area contributed by atoms with Crippen LogP contribution < -0.4 is 20.5 Å². The molecule has 0 radical (unpaired) electrons. The van der Waals surface area contributed by atoms with Gasteiger partial charge in [-0.15, -0.1) is 0 Å². The first-order chi connectivity index (χ1) is 18.3. The van der Waals surface area contributed by atoms with Crippen molar-refractivity contribution in [2.45, 2.75) is 25.8 Å². The van der Waals surface area contributed by atoms with Gasteiger partial charge in [0.25, 0.3) is 0 Å². The number of amides is 2. The molecule has 1 atom stereocenters. The Hall–Kier alpha value is -4.66. The van der Waals surface area contributed by atoms with E-state index in [1.54, 1.807) is 49.2 Å². The normalized spacial score (nSPS) is 11.6. The number of hydrogen-bond donors (Lipinski definition) is 2. The Morgan fingerprint density at radius 3 is 2.42 bits per heavy atom. The van der Waals surface area contributed by atoms with E-state index >= 15 is 0 Å². The van der Waals surface area contributed by atoms with Gasteiger partial charge in [0.1, 0.15) is 23.4 Å². The zero-order valence-corrected chi connectivity index (χ0v) is 21.4. The van der Waals surface area contributed by atoms with Gasteiger partial charge in [0, 0.05) is 18.4 Å². The smallest absolute Gasteiger partial charge is 0.244 e. The molecule has 0 aliphatic heterocycles. The first-order valence-electron chi connectivity index (χ1n) is 12.0. The molecule has 4 aromatic rings. The molecular formula is C29H29FN4O4. The van der Waals surface area contributed by atoms with E-state index in [9.17, 15) is 14.0 Å².